The average Bonchev–Trinajstić information content (AvgIpc) is 2.96. The zero-order valence-electron chi connectivity index (χ0n) is 13.0. The Balaban J connectivity index is 2.42. The van der Waals surface area contributed by atoms with Crippen LogP contribution in [0.4, 0.5) is 5.82 Å². The van der Waals surface area contributed by atoms with Gasteiger partial charge in [0.15, 0.2) is 5.82 Å². The molecule has 0 aliphatic heterocycles. The lowest BCUT2D eigenvalue weighted by Crippen LogP contribution is -2.07. The number of hydrogen-bond acceptors (Lipinski definition) is 4. The summed E-state index contributed by atoms with van der Waals surface area (Å²) < 4.78 is 2.88. The van der Waals surface area contributed by atoms with E-state index in [2.05, 4.69) is 64.0 Å². The van der Waals surface area contributed by atoms with E-state index in [0.29, 0.717) is 6.04 Å². The number of aryl methyl sites for hydroxylation is 1. The van der Waals surface area contributed by atoms with Gasteiger partial charge in [-0.05, 0) is 42.6 Å². The number of hydrogen-bond donors (Lipinski definition) is 1. The molecule has 0 unspecified atom stereocenters. The predicted molar refractivity (Wildman–Crippen MR) is 89.5 cm³/mol. The van der Waals surface area contributed by atoms with E-state index >= 15 is 0 Å². The zero-order chi connectivity index (χ0) is 15.4. The van der Waals surface area contributed by atoms with E-state index in [9.17, 15) is 0 Å². The van der Waals surface area contributed by atoms with Gasteiger partial charge in [-0.3, -0.25) is 4.68 Å². The quantitative estimate of drug-likeness (QED) is 0.852. The first-order valence-electron chi connectivity index (χ1n) is 7.41. The fraction of sp³-hybridized carbons (Fsp3) is 0.533. The Hall–Kier alpha value is -1.43. The second kappa shape index (κ2) is 7.02. The van der Waals surface area contributed by atoms with Crippen LogP contribution in [0.25, 0.3) is 11.4 Å². The first-order chi connectivity index (χ1) is 10.1. The maximum Gasteiger partial charge on any atom is 0.165 e. The van der Waals surface area contributed by atoms with Crippen molar-refractivity contribution in [2.75, 3.05) is 11.9 Å². The Morgan fingerprint density at radius 2 is 2.05 bits per heavy atom. The van der Waals surface area contributed by atoms with Gasteiger partial charge in [0, 0.05) is 18.8 Å². The number of nitrogens with zero attached hydrogens (tertiary/aromatic N) is 4. The van der Waals surface area contributed by atoms with Gasteiger partial charge >= 0.3 is 0 Å². The first-order valence-corrected chi connectivity index (χ1v) is 8.20. The Labute approximate surface area is 134 Å². The van der Waals surface area contributed by atoms with E-state index < -0.39 is 0 Å². The molecule has 0 aromatic carbocycles. The highest BCUT2D eigenvalue weighted by atomic mass is 79.9. The highest BCUT2D eigenvalue weighted by Crippen LogP contribution is 2.27. The van der Waals surface area contributed by atoms with Crippen molar-refractivity contribution in [1.82, 2.24) is 19.7 Å². The minimum absolute atomic E-state index is 0.331. The van der Waals surface area contributed by atoms with Crippen molar-refractivity contribution in [1.29, 1.82) is 0 Å². The van der Waals surface area contributed by atoms with Gasteiger partial charge in [-0.2, -0.15) is 5.10 Å². The number of aromatic nitrogens is 4. The van der Waals surface area contributed by atoms with Crippen molar-refractivity contribution < 1.29 is 0 Å². The van der Waals surface area contributed by atoms with Gasteiger partial charge in [0.1, 0.15) is 5.82 Å². The molecule has 2 heterocycles. The largest absolute Gasteiger partial charge is 0.369 e. The lowest BCUT2D eigenvalue weighted by molar-refractivity contribution is 0.532. The molecule has 21 heavy (non-hydrogen) atoms. The minimum Gasteiger partial charge on any atom is -0.369 e. The van der Waals surface area contributed by atoms with Gasteiger partial charge < -0.3 is 5.32 Å². The van der Waals surface area contributed by atoms with Crippen LogP contribution >= 0.6 is 15.9 Å². The number of rotatable bonds is 6. The molecular formula is C15H22BrN5. The summed E-state index contributed by atoms with van der Waals surface area (Å²) in [5.41, 5.74) is 1.96. The summed E-state index contributed by atoms with van der Waals surface area (Å²) in [5, 5.41) is 7.72. The fourth-order valence-corrected chi connectivity index (χ4v) is 2.55. The monoisotopic (exact) mass is 351 g/mol. The van der Waals surface area contributed by atoms with Crippen LogP contribution < -0.4 is 5.32 Å². The van der Waals surface area contributed by atoms with Crippen LogP contribution in [0, 0.1) is 0 Å². The molecule has 2 aromatic rings. The fourth-order valence-electron chi connectivity index (χ4n) is 1.95. The smallest absolute Gasteiger partial charge is 0.165 e. The Morgan fingerprint density at radius 3 is 2.62 bits per heavy atom. The van der Waals surface area contributed by atoms with Crippen LogP contribution in [0.2, 0.25) is 0 Å². The maximum atomic E-state index is 4.65. The van der Waals surface area contributed by atoms with E-state index in [1.54, 1.807) is 0 Å². The highest BCUT2D eigenvalue weighted by molar-refractivity contribution is 9.10. The van der Waals surface area contributed by atoms with Crippen molar-refractivity contribution in [2.24, 2.45) is 0 Å². The van der Waals surface area contributed by atoms with Gasteiger partial charge in [-0.15, -0.1) is 0 Å². The molecule has 0 saturated heterocycles. The lowest BCUT2D eigenvalue weighted by Gasteiger charge is -2.11. The van der Waals surface area contributed by atoms with Gasteiger partial charge in [0.25, 0.3) is 0 Å². The van der Waals surface area contributed by atoms with Crippen molar-refractivity contribution in [3.8, 4) is 11.4 Å². The van der Waals surface area contributed by atoms with Gasteiger partial charge in [-0.25, -0.2) is 9.97 Å². The minimum atomic E-state index is 0.331. The standard InChI is InChI=1S/C15H22BrN5/c1-5-7-17-15-13(16)12(6-2)19-14(20-15)11-8-18-21(9-11)10(3)4/h8-10H,5-7H2,1-4H3,(H,17,19,20). The molecule has 5 nitrogen and oxygen atoms in total. The van der Waals surface area contributed by atoms with Crippen LogP contribution in [0.3, 0.4) is 0 Å². The molecule has 0 aliphatic rings. The second-order valence-electron chi connectivity index (χ2n) is 5.24. The first kappa shape index (κ1) is 15.9. The molecule has 0 fully saturated rings. The Kier molecular flexibility index (Phi) is 5.33. The summed E-state index contributed by atoms with van der Waals surface area (Å²) in [5.74, 6) is 1.58. The average molecular weight is 352 g/mol. The van der Waals surface area contributed by atoms with Crippen LogP contribution in [0.15, 0.2) is 16.9 Å². The van der Waals surface area contributed by atoms with Crippen LogP contribution in [0.1, 0.15) is 45.9 Å². The van der Waals surface area contributed by atoms with E-state index in [0.717, 1.165) is 46.8 Å². The van der Waals surface area contributed by atoms with E-state index in [-0.39, 0.29) is 0 Å². The van der Waals surface area contributed by atoms with Crippen molar-refractivity contribution in [3.63, 3.8) is 0 Å². The van der Waals surface area contributed by atoms with Gasteiger partial charge in [0.2, 0.25) is 0 Å². The van der Waals surface area contributed by atoms with E-state index in [1.165, 1.54) is 0 Å². The molecule has 0 atom stereocenters. The van der Waals surface area contributed by atoms with E-state index in [4.69, 9.17) is 0 Å². The van der Waals surface area contributed by atoms with Crippen LogP contribution in [0.5, 0.6) is 0 Å². The molecular weight excluding hydrogens is 330 g/mol. The predicted octanol–water partition coefficient (Wildman–Crippen LogP) is 4.07. The van der Waals surface area contributed by atoms with Gasteiger partial charge in [0.05, 0.1) is 21.9 Å². The number of halogens is 1. The topological polar surface area (TPSA) is 55.6 Å². The summed E-state index contributed by atoms with van der Waals surface area (Å²) in [7, 11) is 0. The summed E-state index contributed by atoms with van der Waals surface area (Å²) in [6.07, 6.45) is 5.73. The Morgan fingerprint density at radius 1 is 1.29 bits per heavy atom. The lowest BCUT2D eigenvalue weighted by atomic mass is 10.2. The summed E-state index contributed by atoms with van der Waals surface area (Å²) >= 11 is 3.60. The van der Waals surface area contributed by atoms with Crippen LogP contribution in [-0.2, 0) is 6.42 Å². The molecule has 6 heteroatoms. The third-order valence-electron chi connectivity index (χ3n) is 3.19. The molecule has 0 amide bonds. The van der Waals surface area contributed by atoms with Crippen molar-refractivity contribution in [2.45, 2.75) is 46.6 Å². The molecule has 114 valence electrons. The third-order valence-corrected chi connectivity index (χ3v) is 4.02. The highest BCUT2D eigenvalue weighted by Gasteiger charge is 2.14. The number of anilines is 1. The molecule has 0 radical (unpaired) electrons. The molecule has 0 spiro atoms. The summed E-state index contributed by atoms with van der Waals surface area (Å²) in [6, 6.07) is 0.331. The maximum absolute atomic E-state index is 4.65. The normalized spacial score (nSPS) is 11.1. The SMILES string of the molecule is CCCNc1nc(-c2cnn(C(C)C)c2)nc(CC)c1Br. The van der Waals surface area contributed by atoms with E-state index in [1.807, 2.05) is 17.1 Å². The zero-order valence-corrected chi connectivity index (χ0v) is 14.6. The van der Waals surface area contributed by atoms with Gasteiger partial charge in [-0.1, -0.05) is 13.8 Å². The summed E-state index contributed by atoms with van der Waals surface area (Å²) in [6.45, 7) is 9.33. The molecule has 0 bridgehead atoms. The number of nitrogens with one attached hydrogen (secondary N) is 1. The molecule has 0 aliphatic carbocycles. The molecule has 2 rings (SSSR count). The third kappa shape index (κ3) is 3.61. The molecule has 0 saturated carbocycles. The van der Waals surface area contributed by atoms with Crippen molar-refractivity contribution in [3.05, 3.63) is 22.6 Å². The molecule has 1 N–H and O–H groups in total. The Bertz CT molecular complexity index is 606. The summed E-state index contributed by atoms with van der Waals surface area (Å²) in [4.78, 5) is 9.29. The second-order valence-corrected chi connectivity index (χ2v) is 6.03. The molecule has 2 aromatic heterocycles. The van der Waals surface area contributed by atoms with Crippen molar-refractivity contribution >= 4 is 21.7 Å². The van der Waals surface area contributed by atoms with Crippen LogP contribution in [-0.4, -0.2) is 26.3 Å².